The Balaban J connectivity index is -0.000000125. The smallest absolute Gasteiger partial charge is 1.00 e. The van der Waals surface area contributed by atoms with Crippen molar-refractivity contribution in [1.29, 1.82) is 5.26 Å². The average molecular weight is 143 g/mol. The van der Waals surface area contributed by atoms with E-state index in [1.807, 2.05) is 5.40 Å². The van der Waals surface area contributed by atoms with Crippen molar-refractivity contribution >= 4 is 11.8 Å². The van der Waals surface area contributed by atoms with E-state index < -0.39 is 0 Å². The van der Waals surface area contributed by atoms with Gasteiger partial charge in [-0.15, -0.1) is 0 Å². The molecule has 4 heteroatoms. The molecule has 0 unspecified atom stereocenters. The van der Waals surface area contributed by atoms with Gasteiger partial charge in [0, 0.05) is 5.75 Å². The fourth-order valence-corrected chi connectivity index (χ4v) is 0.274. The molecule has 0 fully saturated rings. The molecule has 0 heterocycles. The van der Waals surface area contributed by atoms with Crippen LogP contribution in [-0.4, -0.2) is 17.5 Å². The summed E-state index contributed by atoms with van der Waals surface area (Å²) in [5.74, 6) is 0.524. The van der Waals surface area contributed by atoms with E-state index in [1.165, 1.54) is 0 Å². The number of nitriles is 1. The van der Waals surface area contributed by atoms with E-state index in [0.29, 0.717) is 5.75 Å². The van der Waals surface area contributed by atoms with Gasteiger partial charge in [-0.05, 0) is 11.8 Å². The Kier molecular flexibility index (Phi) is 16.8. The predicted molar refractivity (Wildman–Crippen MR) is 26.3 cm³/mol. The molecule has 0 aromatic carbocycles. The molecule has 0 bridgehead atoms. The average Bonchev–Trinajstić information content (AvgIpc) is 1.61. The molecule has 0 spiro atoms. The van der Waals surface area contributed by atoms with Crippen LogP contribution in [0.1, 0.15) is 1.43 Å². The molecule has 0 saturated carbocycles. The molecular weight excluding hydrogens is 137 g/mol. The predicted octanol–water partition coefficient (Wildman–Crippen LogP) is -2.69. The standard InChI is InChI=1S/C3H5NOS.K.H/c4-3-6-2-1-5;;/h5H,1-2H2;;/q;+1;-1. The van der Waals surface area contributed by atoms with Gasteiger partial charge in [-0.25, -0.2) is 0 Å². The number of hydrogen-bond acceptors (Lipinski definition) is 3. The quantitative estimate of drug-likeness (QED) is 0.260. The summed E-state index contributed by atoms with van der Waals surface area (Å²) in [6, 6.07) is 0. The van der Waals surface area contributed by atoms with Crippen LogP contribution in [0.3, 0.4) is 0 Å². The van der Waals surface area contributed by atoms with Crippen LogP contribution in [0.5, 0.6) is 0 Å². The van der Waals surface area contributed by atoms with E-state index in [-0.39, 0.29) is 59.4 Å². The molecule has 0 rings (SSSR count). The summed E-state index contributed by atoms with van der Waals surface area (Å²) < 4.78 is 0. The first kappa shape index (κ1) is 11.3. The number of hydrogen-bond donors (Lipinski definition) is 1. The maximum atomic E-state index is 8.03. The summed E-state index contributed by atoms with van der Waals surface area (Å²) in [6.07, 6.45) is 0. The number of thioether (sulfide) groups is 1. The van der Waals surface area contributed by atoms with Gasteiger partial charge in [0.25, 0.3) is 0 Å². The molecule has 0 aromatic rings. The molecule has 0 aliphatic rings. The molecule has 0 aliphatic heterocycles. The number of aliphatic hydroxyl groups is 1. The SMILES string of the molecule is N#CSCCO.[H-].[K+]. The van der Waals surface area contributed by atoms with Gasteiger partial charge in [0.2, 0.25) is 0 Å². The Hall–Kier alpha value is 1.44. The third-order valence-corrected chi connectivity index (χ3v) is 0.774. The van der Waals surface area contributed by atoms with Crippen LogP contribution >= 0.6 is 11.8 Å². The summed E-state index contributed by atoms with van der Waals surface area (Å²) >= 11 is 1.06. The van der Waals surface area contributed by atoms with Gasteiger partial charge in [-0.1, -0.05) is 0 Å². The molecule has 0 atom stereocenters. The molecule has 0 saturated heterocycles. The zero-order valence-corrected chi connectivity index (χ0v) is 8.16. The van der Waals surface area contributed by atoms with Crippen LogP contribution in [0.25, 0.3) is 0 Å². The van der Waals surface area contributed by atoms with E-state index in [9.17, 15) is 0 Å². The fourth-order valence-electron chi connectivity index (χ4n) is 0.0913. The zero-order chi connectivity index (χ0) is 4.83. The van der Waals surface area contributed by atoms with Crippen molar-refractivity contribution < 1.29 is 57.9 Å². The van der Waals surface area contributed by atoms with E-state index in [2.05, 4.69) is 0 Å². The first-order chi connectivity index (χ1) is 2.91. The van der Waals surface area contributed by atoms with Gasteiger partial charge in [-0.2, -0.15) is 5.26 Å². The fraction of sp³-hybridized carbons (Fsp3) is 0.667. The minimum Gasteiger partial charge on any atom is -1.00 e. The molecular formula is C3H6KNOS. The van der Waals surface area contributed by atoms with Gasteiger partial charge >= 0.3 is 51.4 Å². The molecule has 0 amide bonds. The van der Waals surface area contributed by atoms with Gasteiger partial charge in [0.1, 0.15) is 5.40 Å². The molecule has 1 N–H and O–H groups in total. The van der Waals surface area contributed by atoms with Crippen molar-refractivity contribution in [3.05, 3.63) is 0 Å². The van der Waals surface area contributed by atoms with E-state index in [4.69, 9.17) is 10.4 Å². The van der Waals surface area contributed by atoms with Gasteiger partial charge < -0.3 is 6.53 Å². The van der Waals surface area contributed by atoms with Crippen LogP contribution in [0.2, 0.25) is 0 Å². The van der Waals surface area contributed by atoms with Crippen LogP contribution in [0.4, 0.5) is 0 Å². The number of thiocyanates is 1. The van der Waals surface area contributed by atoms with Crippen molar-refractivity contribution in [1.82, 2.24) is 0 Å². The van der Waals surface area contributed by atoms with Crippen molar-refractivity contribution in [2.24, 2.45) is 0 Å². The minimum atomic E-state index is 0. The maximum absolute atomic E-state index is 8.03. The van der Waals surface area contributed by atoms with Crippen LogP contribution in [0, 0.1) is 10.7 Å². The molecule has 0 radical (unpaired) electrons. The third-order valence-electron chi connectivity index (χ3n) is 0.258. The van der Waals surface area contributed by atoms with Gasteiger partial charge in [-0.3, -0.25) is 0 Å². The monoisotopic (exact) mass is 143 g/mol. The Morgan fingerprint density at radius 2 is 2.43 bits per heavy atom. The largest absolute Gasteiger partial charge is 1.00 e. The van der Waals surface area contributed by atoms with Crippen molar-refractivity contribution in [2.45, 2.75) is 0 Å². The topological polar surface area (TPSA) is 44.0 Å². The molecule has 36 valence electrons. The Morgan fingerprint density at radius 3 is 2.57 bits per heavy atom. The van der Waals surface area contributed by atoms with Crippen LogP contribution in [0.15, 0.2) is 0 Å². The number of aliphatic hydroxyl groups excluding tert-OH is 1. The Labute approximate surface area is 91.2 Å². The molecule has 0 aromatic heterocycles. The first-order valence-electron chi connectivity index (χ1n) is 1.53. The van der Waals surface area contributed by atoms with Crippen molar-refractivity contribution in [3.8, 4) is 5.40 Å². The Morgan fingerprint density at radius 1 is 1.86 bits per heavy atom. The summed E-state index contributed by atoms with van der Waals surface area (Å²) in [5.41, 5.74) is 0. The van der Waals surface area contributed by atoms with E-state index in [1.54, 1.807) is 0 Å². The van der Waals surface area contributed by atoms with Gasteiger partial charge in [0.15, 0.2) is 0 Å². The normalized spacial score (nSPS) is 6.29. The number of nitrogens with zero attached hydrogens (tertiary/aromatic N) is 1. The Bertz CT molecular complexity index is 66.8. The summed E-state index contributed by atoms with van der Waals surface area (Å²) in [5, 5.41) is 17.6. The summed E-state index contributed by atoms with van der Waals surface area (Å²) in [7, 11) is 0. The summed E-state index contributed by atoms with van der Waals surface area (Å²) in [6.45, 7) is 0.0955. The van der Waals surface area contributed by atoms with Gasteiger partial charge in [0.05, 0.1) is 6.61 Å². The minimum absolute atomic E-state index is 0. The second-order valence-corrected chi connectivity index (χ2v) is 1.54. The maximum Gasteiger partial charge on any atom is 1.00 e. The number of rotatable bonds is 2. The first-order valence-corrected chi connectivity index (χ1v) is 2.52. The summed E-state index contributed by atoms with van der Waals surface area (Å²) in [4.78, 5) is 0. The molecule has 0 aliphatic carbocycles. The van der Waals surface area contributed by atoms with Crippen LogP contribution < -0.4 is 51.4 Å². The second kappa shape index (κ2) is 10.4. The zero-order valence-electron chi connectivity index (χ0n) is 5.22. The van der Waals surface area contributed by atoms with E-state index >= 15 is 0 Å². The molecule has 2 nitrogen and oxygen atoms in total. The second-order valence-electron chi connectivity index (χ2n) is 0.663. The van der Waals surface area contributed by atoms with Crippen molar-refractivity contribution in [3.63, 3.8) is 0 Å². The van der Waals surface area contributed by atoms with Crippen molar-refractivity contribution in [2.75, 3.05) is 12.4 Å². The van der Waals surface area contributed by atoms with Crippen LogP contribution in [-0.2, 0) is 0 Å². The molecule has 7 heavy (non-hydrogen) atoms. The third kappa shape index (κ3) is 11.2. The van der Waals surface area contributed by atoms with E-state index in [0.717, 1.165) is 11.8 Å².